The van der Waals surface area contributed by atoms with Gasteiger partial charge in [-0.15, -0.1) is 0 Å². The number of nitrogens with zero attached hydrogens (tertiary/aromatic N) is 3. The Bertz CT molecular complexity index is 472. The first-order chi connectivity index (χ1) is 7.77. The molecule has 7 nitrogen and oxygen atoms in total. The molecule has 1 rings (SSSR count). The smallest absolute Gasteiger partial charge is 0.328 e. The molecule has 9 heteroatoms. The third kappa shape index (κ3) is 2.22. The molecule has 1 atom stereocenters. The van der Waals surface area contributed by atoms with Crippen LogP contribution < -0.4 is 0 Å². The third-order valence-corrected chi connectivity index (χ3v) is 2.26. The Morgan fingerprint density at radius 3 is 2.41 bits per heavy atom. The molecule has 0 aliphatic rings. The van der Waals surface area contributed by atoms with Crippen LogP contribution in [0, 0.1) is 17.0 Å². The van der Waals surface area contributed by atoms with Crippen LogP contribution in [0.2, 0.25) is 0 Å². The summed E-state index contributed by atoms with van der Waals surface area (Å²) in [7, 11) is 0. The van der Waals surface area contributed by atoms with Crippen molar-refractivity contribution in [2.45, 2.75) is 26.3 Å². The Hall–Kier alpha value is -2.06. The number of aliphatic carboxylic acids is 1. The number of aromatic nitrogens is 2. The first-order valence-corrected chi connectivity index (χ1v) is 4.51. The predicted molar refractivity (Wildman–Crippen MR) is 50.9 cm³/mol. The molecule has 94 valence electrons. The van der Waals surface area contributed by atoms with Crippen LogP contribution >= 0.6 is 0 Å². The summed E-state index contributed by atoms with van der Waals surface area (Å²) < 4.78 is 25.7. The SMILES string of the molecule is Cc1c([N+](=O)[O-])c(C(F)F)nn1[C@@H](C)C(=O)O. The minimum Gasteiger partial charge on any atom is -0.480 e. The van der Waals surface area contributed by atoms with Crippen molar-refractivity contribution in [1.29, 1.82) is 0 Å². The van der Waals surface area contributed by atoms with Crippen LogP contribution in [0.5, 0.6) is 0 Å². The van der Waals surface area contributed by atoms with E-state index in [1.807, 2.05) is 0 Å². The maximum Gasteiger partial charge on any atom is 0.328 e. The van der Waals surface area contributed by atoms with Gasteiger partial charge in [-0.3, -0.25) is 10.1 Å². The molecule has 0 aromatic carbocycles. The van der Waals surface area contributed by atoms with Gasteiger partial charge < -0.3 is 5.11 Å². The summed E-state index contributed by atoms with van der Waals surface area (Å²) in [4.78, 5) is 20.3. The first-order valence-electron chi connectivity index (χ1n) is 4.51. The molecule has 0 fully saturated rings. The minimum atomic E-state index is -3.13. The highest BCUT2D eigenvalue weighted by molar-refractivity contribution is 5.71. The molecule has 0 saturated carbocycles. The van der Waals surface area contributed by atoms with E-state index in [-0.39, 0.29) is 5.69 Å². The molecule has 1 N–H and O–H groups in total. The van der Waals surface area contributed by atoms with Crippen LogP contribution in [-0.2, 0) is 4.79 Å². The second-order valence-electron chi connectivity index (χ2n) is 3.34. The number of hydrogen-bond donors (Lipinski definition) is 1. The van der Waals surface area contributed by atoms with Crippen molar-refractivity contribution >= 4 is 11.7 Å². The predicted octanol–water partition coefficient (Wildman–Crippen LogP) is 1.68. The summed E-state index contributed by atoms with van der Waals surface area (Å²) >= 11 is 0. The second-order valence-corrected chi connectivity index (χ2v) is 3.34. The summed E-state index contributed by atoms with van der Waals surface area (Å²) in [5.41, 5.74) is -2.06. The molecule has 0 bridgehead atoms. The lowest BCUT2D eigenvalue weighted by Gasteiger charge is -2.07. The molecule has 0 spiro atoms. The average molecular weight is 249 g/mol. The van der Waals surface area contributed by atoms with Gasteiger partial charge in [0.15, 0.2) is 0 Å². The van der Waals surface area contributed by atoms with Crippen molar-refractivity contribution in [3.05, 3.63) is 21.5 Å². The highest BCUT2D eigenvalue weighted by Gasteiger charge is 2.33. The number of carbonyl (C=O) groups is 1. The molecule has 1 aromatic heterocycles. The quantitative estimate of drug-likeness (QED) is 0.646. The van der Waals surface area contributed by atoms with E-state index in [2.05, 4.69) is 5.10 Å². The van der Waals surface area contributed by atoms with E-state index in [0.717, 1.165) is 0 Å². The number of hydrogen-bond acceptors (Lipinski definition) is 4. The van der Waals surface area contributed by atoms with Gasteiger partial charge in [0.2, 0.25) is 5.69 Å². The van der Waals surface area contributed by atoms with Crippen molar-refractivity contribution in [1.82, 2.24) is 9.78 Å². The second kappa shape index (κ2) is 4.44. The molecule has 0 aliphatic carbocycles. The molecule has 0 amide bonds. The molecule has 1 aromatic rings. The van der Waals surface area contributed by atoms with Gasteiger partial charge in [-0.05, 0) is 13.8 Å². The number of carboxylic acids is 1. The number of alkyl halides is 2. The highest BCUT2D eigenvalue weighted by Crippen LogP contribution is 2.32. The number of rotatable bonds is 4. The van der Waals surface area contributed by atoms with Crippen LogP contribution in [0.1, 0.15) is 30.8 Å². The van der Waals surface area contributed by atoms with Gasteiger partial charge in [-0.25, -0.2) is 18.3 Å². The Labute approximate surface area is 93.8 Å². The van der Waals surface area contributed by atoms with E-state index >= 15 is 0 Å². The van der Waals surface area contributed by atoms with Crippen molar-refractivity contribution in [2.75, 3.05) is 0 Å². The fourth-order valence-electron chi connectivity index (χ4n) is 1.39. The van der Waals surface area contributed by atoms with Crippen LogP contribution in [0.3, 0.4) is 0 Å². The lowest BCUT2D eigenvalue weighted by molar-refractivity contribution is -0.386. The molecular weight excluding hydrogens is 240 g/mol. The van der Waals surface area contributed by atoms with Crippen LogP contribution in [0.15, 0.2) is 0 Å². The third-order valence-electron chi connectivity index (χ3n) is 2.26. The molecule has 1 heterocycles. The number of halogens is 2. The van der Waals surface area contributed by atoms with Crippen LogP contribution in [0.4, 0.5) is 14.5 Å². The Balaban J connectivity index is 3.41. The van der Waals surface area contributed by atoms with Crippen molar-refractivity contribution < 1.29 is 23.6 Å². The van der Waals surface area contributed by atoms with E-state index in [0.29, 0.717) is 4.68 Å². The van der Waals surface area contributed by atoms with Gasteiger partial charge in [0.05, 0.1) is 4.92 Å². The minimum absolute atomic E-state index is 0.208. The van der Waals surface area contributed by atoms with Crippen molar-refractivity contribution in [2.24, 2.45) is 0 Å². The molecule has 0 saturated heterocycles. The Kier molecular flexibility index (Phi) is 3.39. The zero-order chi connectivity index (χ0) is 13.3. The maximum atomic E-state index is 12.5. The summed E-state index contributed by atoms with van der Waals surface area (Å²) in [6.07, 6.45) is -3.13. The zero-order valence-electron chi connectivity index (χ0n) is 8.92. The molecule has 0 unspecified atom stereocenters. The Morgan fingerprint density at radius 2 is 2.12 bits per heavy atom. The summed E-state index contributed by atoms with van der Waals surface area (Å²) in [6, 6.07) is -1.25. The van der Waals surface area contributed by atoms with Gasteiger partial charge >= 0.3 is 11.7 Å². The molecule has 17 heavy (non-hydrogen) atoms. The maximum absolute atomic E-state index is 12.5. The van der Waals surface area contributed by atoms with Crippen LogP contribution in [-0.4, -0.2) is 25.8 Å². The summed E-state index contributed by atoms with van der Waals surface area (Å²) in [5, 5.41) is 22.6. The normalized spacial score (nSPS) is 12.8. The standard InChI is InChI=1S/C8H9F2N3O4/c1-3-6(13(16)17)5(7(9)10)11-12(3)4(2)8(14)15/h4,7H,1-2H3,(H,14,15)/t4-/m0/s1. The molecule has 0 aliphatic heterocycles. The van der Waals surface area contributed by atoms with Gasteiger partial charge in [-0.1, -0.05) is 0 Å². The first kappa shape index (κ1) is 13.0. The van der Waals surface area contributed by atoms with Crippen LogP contribution in [0.25, 0.3) is 0 Å². The molecular formula is C8H9F2N3O4. The lowest BCUT2D eigenvalue weighted by atomic mass is 10.3. The average Bonchev–Trinajstić information content (AvgIpc) is 2.54. The van der Waals surface area contributed by atoms with E-state index in [4.69, 9.17) is 5.11 Å². The number of nitro groups is 1. The highest BCUT2D eigenvalue weighted by atomic mass is 19.3. The fraction of sp³-hybridized carbons (Fsp3) is 0.500. The van der Waals surface area contributed by atoms with Gasteiger partial charge in [0.25, 0.3) is 6.43 Å². The van der Waals surface area contributed by atoms with Gasteiger partial charge in [-0.2, -0.15) is 5.10 Å². The summed E-state index contributed by atoms with van der Waals surface area (Å²) in [5.74, 6) is -1.31. The number of carboxylic acid groups (broad SMARTS) is 1. The van der Waals surface area contributed by atoms with Crippen molar-refractivity contribution in [3.63, 3.8) is 0 Å². The molecule has 0 radical (unpaired) electrons. The zero-order valence-corrected chi connectivity index (χ0v) is 8.92. The van der Waals surface area contributed by atoms with Gasteiger partial charge in [0.1, 0.15) is 11.7 Å². The summed E-state index contributed by atoms with van der Waals surface area (Å²) in [6.45, 7) is 2.37. The van der Waals surface area contributed by atoms with Crippen molar-refractivity contribution in [3.8, 4) is 0 Å². The van der Waals surface area contributed by atoms with E-state index in [1.54, 1.807) is 0 Å². The fourth-order valence-corrected chi connectivity index (χ4v) is 1.39. The van der Waals surface area contributed by atoms with E-state index < -0.39 is 34.7 Å². The topological polar surface area (TPSA) is 98.3 Å². The van der Waals surface area contributed by atoms with E-state index in [1.165, 1.54) is 13.8 Å². The van der Waals surface area contributed by atoms with Gasteiger partial charge in [0, 0.05) is 0 Å². The largest absolute Gasteiger partial charge is 0.480 e. The Morgan fingerprint density at radius 1 is 1.59 bits per heavy atom. The van der Waals surface area contributed by atoms with E-state index in [9.17, 15) is 23.7 Å². The lowest BCUT2D eigenvalue weighted by Crippen LogP contribution is -2.18. The monoisotopic (exact) mass is 249 g/mol.